The van der Waals surface area contributed by atoms with E-state index in [9.17, 15) is 23.3 Å². The van der Waals surface area contributed by atoms with Crippen LogP contribution in [0.5, 0.6) is 0 Å². The minimum Gasteiger partial charge on any atom is -0.323 e. The molecule has 2 heterocycles. The lowest BCUT2D eigenvalue weighted by molar-refractivity contribution is -0.917. The zero-order valence-electron chi connectivity index (χ0n) is 15.5. The van der Waals surface area contributed by atoms with Crippen molar-refractivity contribution in [1.29, 1.82) is 0 Å². The molecule has 1 aromatic carbocycles. The first-order chi connectivity index (χ1) is 13.7. The van der Waals surface area contributed by atoms with Crippen LogP contribution in [0.2, 0.25) is 5.02 Å². The van der Waals surface area contributed by atoms with Crippen molar-refractivity contribution in [2.45, 2.75) is 17.2 Å². The summed E-state index contributed by atoms with van der Waals surface area (Å²) in [5.41, 5.74) is 0.00752. The molecule has 2 aromatic rings. The summed E-state index contributed by atoms with van der Waals surface area (Å²) in [6.07, 6.45) is 0. The predicted octanol–water partition coefficient (Wildman–Crippen LogP) is 1.23. The molecule has 29 heavy (non-hydrogen) atoms. The number of benzene rings is 1. The Balaban J connectivity index is 1.62. The number of nitro benzene ring substituents is 1. The Labute approximate surface area is 177 Å². The van der Waals surface area contributed by atoms with Crippen LogP contribution in [0.25, 0.3) is 0 Å². The molecule has 156 valence electrons. The van der Waals surface area contributed by atoms with E-state index in [0.717, 1.165) is 4.90 Å². The third-order valence-corrected chi connectivity index (χ3v) is 8.48. The highest BCUT2D eigenvalue weighted by atomic mass is 35.5. The van der Waals surface area contributed by atoms with E-state index in [1.54, 1.807) is 24.4 Å². The second-order valence-electron chi connectivity index (χ2n) is 6.63. The number of piperazine rings is 1. The van der Waals surface area contributed by atoms with Crippen LogP contribution in [0.15, 0.2) is 39.9 Å². The third-order valence-electron chi connectivity index (χ3n) is 4.88. The number of thiophene rings is 1. The van der Waals surface area contributed by atoms with Gasteiger partial charge >= 0.3 is 0 Å². The molecule has 0 spiro atoms. The van der Waals surface area contributed by atoms with Crippen molar-refractivity contribution < 1.29 is 23.0 Å². The van der Waals surface area contributed by atoms with Gasteiger partial charge in [-0.15, -0.1) is 11.3 Å². The Bertz CT molecular complexity index is 1000. The summed E-state index contributed by atoms with van der Waals surface area (Å²) < 4.78 is 27.0. The predicted molar refractivity (Wildman–Crippen MR) is 110 cm³/mol. The number of rotatable bonds is 6. The smallest absolute Gasteiger partial charge is 0.282 e. The number of quaternary nitrogens is 1. The van der Waals surface area contributed by atoms with Crippen molar-refractivity contribution in [1.82, 2.24) is 4.31 Å². The van der Waals surface area contributed by atoms with Gasteiger partial charge in [-0.2, -0.15) is 4.31 Å². The van der Waals surface area contributed by atoms with Crippen LogP contribution < -0.4 is 10.2 Å². The first-order valence-electron chi connectivity index (χ1n) is 8.83. The fourth-order valence-corrected chi connectivity index (χ4v) is 5.88. The Morgan fingerprint density at radius 1 is 1.34 bits per heavy atom. The van der Waals surface area contributed by atoms with Gasteiger partial charge in [0.05, 0.1) is 41.8 Å². The Hall–Kier alpha value is -2.05. The van der Waals surface area contributed by atoms with Crippen molar-refractivity contribution in [3.63, 3.8) is 0 Å². The quantitative estimate of drug-likeness (QED) is 0.498. The Morgan fingerprint density at radius 3 is 2.62 bits per heavy atom. The van der Waals surface area contributed by atoms with Gasteiger partial charge in [0.25, 0.3) is 21.6 Å². The maximum atomic E-state index is 12.6. The van der Waals surface area contributed by atoms with E-state index in [1.165, 1.54) is 33.8 Å². The average Bonchev–Trinajstić information content (AvgIpc) is 3.24. The summed E-state index contributed by atoms with van der Waals surface area (Å²) in [7, 11) is -3.50. The van der Waals surface area contributed by atoms with E-state index in [-0.39, 0.29) is 22.3 Å². The van der Waals surface area contributed by atoms with Crippen LogP contribution in [0.4, 0.5) is 11.4 Å². The van der Waals surface area contributed by atoms with Crippen molar-refractivity contribution in [2.24, 2.45) is 0 Å². The molecule has 1 amide bonds. The van der Waals surface area contributed by atoms with Crippen LogP contribution in [-0.4, -0.2) is 55.8 Å². The van der Waals surface area contributed by atoms with Crippen molar-refractivity contribution >= 4 is 50.2 Å². The number of anilines is 1. The van der Waals surface area contributed by atoms with E-state index in [1.807, 2.05) is 0 Å². The number of nitrogens with one attached hydrogen (secondary N) is 2. The molecule has 0 unspecified atom stereocenters. The van der Waals surface area contributed by atoms with E-state index in [0.29, 0.717) is 30.4 Å². The zero-order chi connectivity index (χ0) is 21.2. The molecule has 12 heteroatoms. The van der Waals surface area contributed by atoms with Crippen LogP contribution >= 0.6 is 22.9 Å². The second-order valence-corrected chi connectivity index (χ2v) is 10.1. The molecule has 0 bridgehead atoms. The first-order valence-corrected chi connectivity index (χ1v) is 11.5. The highest BCUT2D eigenvalue weighted by molar-refractivity contribution is 7.91. The fourth-order valence-electron chi connectivity index (χ4n) is 3.13. The molecule has 1 fully saturated rings. The number of nitrogens with zero attached hydrogens (tertiary/aromatic N) is 2. The second kappa shape index (κ2) is 8.76. The van der Waals surface area contributed by atoms with E-state index >= 15 is 0 Å². The number of carbonyl (C=O) groups is 1. The topological polar surface area (TPSA) is 114 Å². The molecular formula is C17H20ClN4O5S2+. The highest BCUT2D eigenvalue weighted by Gasteiger charge is 2.35. The van der Waals surface area contributed by atoms with Crippen molar-refractivity contribution in [2.75, 3.05) is 31.5 Å². The molecule has 0 radical (unpaired) electrons. The maximum Gasteiger partial charge on any atom is 0.282 e. The minimum absolute atomic E-state index is 0.169. The standard InChI is InChI=1S/C17H19ClN4O5S2/c1-12(17(23)19-15-11-13(22(24)25)4-5-14(15)18)20-6-8-21(9-7-20)29(26,27)16-3-2-10-28-16/h2-5,10-12H,6-9H2,1H3,(H,19,23)/p+1/t12-/m1/s1. The van der Waals surface area contributed by atoms with Gasteiger partial charge in [-0.3, -0.25) is 14.9 Å². The van der Waals surface area contributed by atoms with Gasteiger partial charge < -0.3 is 10.2 Å². The minimum atomic E-state index is -3.50. The van der Waals surface area contributed by atoms with Gasteiger partial charge in [0, 0.05) is 12.1 Å². The van der Waals surface area contributed by atoms with E-state index < -0.39 is 21.0 Å². The maximum absolute atomic E-state index is 12.6. The fraction of sp³-hybridized carbons (Fsp3) is 0.353. The lowest BCUT2D eigenvalue weighted by atomic mass is 10.2. The number of hydrogen-bond acceptors (Lipinski definition) is 6. The van der Waals surface area contributed by atoms with Crippen LogP contribution in [0.1, 0.15) is 6.92 Å². The molecule has 2 N–H and O–H groups in total. The highest BCUT2D eigenvalue weighted by Crippen LogP contribution is 2.26. The largest absolute Gasteiger partial charge is 0.323 e. The van der Waals surface area contributed by atoms with Gasteiger partial charge in [0.2, 0.25) is 0 Å². The monoisotopic (exact) mass is 459 g/mol. The molecule has 0 saturated carbocycles. The molecule has 1 atom stereocenters. The molecule has 1 aliphatic rings. The number of amides is 1. The molecule has 9 nitrogen and oxygen atoms in total. The molecular weight excluding hydrogens is 440 g/mol. The summed E-state index contributed by atoms with van der Waals surface area (Å²) in [6, 6.07) is 6.65. The van der Waals surface area contributed by atoms with Gasteiger partial charge in [0.15, 0.2) is 6.04 Å². The van der Waals surface area contributed by atoms with Crippen LogP contribution in [-0.2, 0) is 14.8 Å². The number of sulfonamides is 1. The summed E-state index contributed by atoms with van der Waals surface area (Å²) in [4.78, 5) is 23.9. The molecule has 0 aliphatic carbocycles. The van der Waals surface area contributed by atoms with E-state index in [2.05, 4.69) is 5.32 Å². The molecule has 1 aromatic heterocycles. The van der Waals surface area contributed by atoms with E-state index in [4.69, 9.17) is 11.6 Å². The van der Waals surface area contributed by atoms with Crippen molar-refractivity contribution in [3.8, 4) is 0 Å². The zero-order valence-corrected chi connectivity index (χ0v) is 17.9. The summed E-state index contributed by atoms with van der Waals surface area (Å²) in [6.45, 7) is 3.30. The van der Waals surface area contributed by atoms with Gasteiger partial charge in [-0.25, -0.2) is 8.42 Å². The number of non-ortho nitro benzene ring substituents is 1. The average molecular weight is 460 g/mol. The van der Waals surface area contributed by atoms with Gasteiger partial charge in [0.1, 0.15) is 4.21 Å². The summed E-state index contributed by atoms with van der Waals surface area (Å²) in [5.74, 6) is -0.336. The lowest BCUT2D eigenvalue weighted by Gasteiger charge is -2.33. The van der Waals surface area contributed by atoms with Crippen LogP contribution in [0.3, 0.4) is 0 Å². The van der Waals surface area contributed by atoms with Crippen molar-refractivity contribution in [3.05, 3.63) is 50.8 Å². The summed E-state index contributed by atoms with van der Waals surface area (Å²) >= 11 is 7.22. The number of nitro groups is 1. The molecule has 3 rings (SSSR count). The Morgan fingerprint density at radius 2 is 2.03 bits per heavy atom. The molecule has 1 aliphatic heterocycles. The van der Waals surface area contributed by atoms with Gasteiger partial charge in [-0.1, -0.05) is 17.7 Å². The SMILES string of the molecule is C[C@H](C(=O)Nc1cc([N+](=O)[O-])ccc1Cl)[NH+]1CCN(S(=O)(=O)c2cccs2)CC1. The number of halogens is 1. The first kappa shape index (κ1) is 21.7. The van der Waals surface area contributed by atoms with Crippen LogP contribution in [0, 0.1) is 10.1 Å². The molecule has 1 saturated heterocycles. The Kier molecular flexibility index (Phi) is 6.54. The lowest BCUT2D eigenvalue weighted by Crippen LogP contribution is -3.19. The van der Waals surface area contributed by atoms with Gasteiger partial charge in [-0.05, 0) is 24.4 Å². The number of carbonyl (C=O) groups excluding carboxylic acids is 1. The third kappa shape index (κ3) is 4.75. The number of hydrogen-bond donors (Lipinski definition) is 2. The summed E-state index contributed by atoms with van der Waals surface area (Å²) in [5, 5.41) is 15.5. The normalized spacial score (nSPS) is 17.0.